The Morgan fingerprint density at radius 2 is 1.84 bits per heavy atom. The lowest BCUT2D eigenvalue weighted by molar-refractivity contribution is -0.137. The Hall–Kier alpha value is -3.75. The van der Waals surface area contributed by atoms with Gasteiger partial charge in [0.1, 0.15) is 11.5 Å². The highest BCUT2D eigenvalue weighted by Gasteiger charge is 2.30. The number of halogens is 4. The predicted molar refractivity (Wildman–Crippen MR) is 116 cm³/mol. The van der Waals surface area contributed by atoms with E-state index in [2.05, 4.69) is 15.6 Å². The van der Waals surface area contributed by atoms with Crippen molar-refractivity contribution >= 4 is 28.7 Å². The van der Waals surface area contributed by atoms with Crippen LogP contribution in [0.25, 0.3) is 22.2 Å². The number of carbonyl (C=O) groups excluding carboxylic acids is 1. The molecule has 0 atom stereocenters. The van der Waals surface area contributed by atoms with Crippen LogP contribution in [0.3, 0.4) is 0 Å². The molecule has 0 aliphatic carbocycles. The van der Waals surface area contributed by atoms with Gasteiger partial charge in [-0.15, -0.1) is 0 Å². The highest BCUT2D eigenvalue weighted by Crippen LogP contribution is 2.33. The first kappa shape index (κ1) is 22.9. The molecule has 0 radical (unpaired) electrons. The zero-order chi connectivity index (χ0) is 23.6. The van der Waals surface area contributed by atoms with E-state index >= 15 is 0 Å². The second kappa shape index (κ2) is 8.78. The number of aromatic nitrogens is 1. The zero-order valence-corrected chi connectivity index (χ0v) is 17.5. The molecule has 3 N–H and O–H groups in total. The molecule has 1 amide bonds. The first-order valence-electron chi connectivity index (χ1n) is 9.54. The van der Waals surface area contributed by atoms with E-state index in [1.165, 1.54) is 37.4 Å². The van der Waals surface area contributed by atoms with Gasteiger partial charge in [0.25, 0.3) is 5.91 Å². The minimum atomic E-state index is -4.45. The van der Waals surface area contributed by atoms with Gasteiger partial charge in [-0.25, -0.2) is 9.37 Å². The third-order valence-corrected chi connectivity index (χ3v) is 4.94. The van der Waals surface area contributed by atoms with Gasteiger partial charge in [0.15, 0.2) is 0 Å². The molecular weight excluding hydrogens is 424 g/mol. The molecule has 0 saturated carbocycles. The lowest BCUT2D eigenvalue weighted by Gasteiger charge is -2.14. The van der Waals surface area contributed by atoms with Gasteiger partial charge < -0.3 is 16.0 Å². The third kappa shape index (κ3) is 4.61. The van der Waals surface area contributed by atoms with E-state index in [4.69, 9.17) is 5.41 Å². The number of hydrogen-bond donors (Lipinski definition) is 3. The summed E-state index contributed by atoms with van der Waals surface area (Å²) in [5, 5.41) is 12.8. The van der Waals surface area contributed by atoms with E-state index in [1.54, 1.807) is 13.8 Å². The third-order valence-electron chi connectivity index (χ3n) is 4.94. The number of rotatable bonds is 5. The van der Waals surface area contributed by atoms with Crippen molar-refractivity contribution in [3.63, 3.8) is 0 Å². The van der Waals surface area contributed by atoms with Crippen LogP contribution >= 0.6 is 0 Å². The van der Waals surface area contributed by atoms with Gasteiger partial charge in [-0.2, -0.15) is 13.2 Å². The van der Waals surface area contributed by atoms with Crippen LogP contribution in [0.4, 0.5) is 23.2 Å². The fourth-order valence-electron chi connectivity index (χ4n) is 3.25. The fourth-order valence-corrected chi connectivity index (χ4v) is 3.25. The minimum Gasteiger partial charge on any atom is -0.383 e. The Morgan fingerprint density at radius 1 is 1.12 bits per heavy atom. The number of benzene rings is 2. The molecule has 0 aliphatic heterocycles. The maximum absolute atomic E-state index is 14.8. The van der Waals surface area contributed by atoms with Crippen molar-refractivity contribution in [2.45, 2.75) is 20.0 Å². The molecule has 3 rings (SSSR count). The first-order chi connectivity index (χ1) is 15.0. The van der Waals surface area contributed by atoms with Crippen molar-refractivity contribution in [3.8, 4) is 11.3 Å². The Morgan fingerprint density at radius 3 is 2.47 bits per heavy atom. The molecule has 166 valence electrons. The maximum Gasteiger partial charge on any atom is 0.416 e. The number of nitrogens with zero attached hydrogens (tertiary/aromatic N) is 1. The molecule has 0 unspecified atom stereocenters. The Bertz CT molecular complexity index is 1250. The molecular formula is C23H20F4N4O. The van der Waals surface area contributed by atoms with Crippen molar-refractivity contribution in [1.82, 2.24) is 10.3 Å². The predicted octanol–water partition coefficient (Wildman–Crippen LogP) is 5.45. The number of pyridine rings is 1. The van der Waals surface area contributed by atoms with Gasteiger partial charge in [0.2, 0.25) is 0 Å². The minimum absolute atomic E-state index is 0.0441. The standard InChI is InChI=1S/C23H20F4N4O/c1-12-8-20(31-22(32)21(29-3)13(2)11-28)17(24)10-16(12)19-6-4-14-9-15(23(25,26)27)5-7-18(14)30-19/h4-11,28-29H,1-3H3,(H,31,32)/b21-13-,28-11?. The lowest BCUT2D eigenvalue weighted by Crippen LogP contribution is -2.25. The molecule has 1 heterocycles. The van der Waals surface area contributed by atoms with Crippen LogP contribution in [0.15, 0.2) is 53.7 Å². The highest BCUT2D eigenvalue weighted by atomic mass is 19.4. The van der Waals surface area contributed by atoms with Gasteiger partial charge in [-0.3, -0.25) is 4.79 Å². The van der Waals surface area contributed by atoms with Gasteiger partial charge >= 0.3 is 6.18 Å². The molecule has 3 aromatic rings. The number of likely N-dealkylation sites (N-methyl/N-ethyl adjacent to an activating group) is 1. The number of nitrogens with one attached hydrogen (secondary N) is 3. The van der Waals surface area contributed by atoms with Crippen LogP contribution in [0, 0.1) is 18.2 Å². The molecule has 0 fully saturated rings. The molecule has 0 bridgehead atoms. The molecule has 9 heteroatoms. The summed E-state index contributed by atoms with van der Waals surface area (Å²) in [4.78, 5) is 16.8. The smallest absolute Gasteiger partial charge is 0.383 e. The number of hydrogen-bond acceptors (Lipinski definition) is 4. The van der Waals surface area contributed by atoms with Crippen LogP contribution < -0.4 is 10.6 Å². The number of aryl methyl sites for hydroxylation is 1. The quantitative estimate of drug-likeness (QED) is 0.278. The Labute approximate surface area is 181 Å². The van der Waals surface area contributed by atoms with Crippen molar-refractivity contribution in [1.29, 1.82) is 5.41 Å². The van der Waals surface area contributed by atoms with Crippen molar-refractivity contribution in [2.75, 3.05) is 12.4 Å². The van der Waals surface area contributed by atoms with Gasteiger partial charge in [-0.05, 0) is 61.4 Å². The molecule has 1 aromatic heterocycles. The molecule has 0 spiro atoms. The molecule has 0 saturated heterocycles. The second-order valence-electron chi connectivity index (χ2n) is 7.16. The Balaban J connectivity index is 1.96. The van der Waals surface area contributed by atoms with Gasteiger partial charge in [-0.1, -0.05) is 6.07 Å². The Kier molecular flexibility index (Phi) is 6.29. The monoisotopic (exact) mass is 444 g/mol. The van der Waals surface area contributed by atoms with Crippen molar-refractivity contribution in [2.24, 2.45) is 0 Å². The van der Waals surface area contributed by atoms with E-state index in [0.29, 0.717) is 33.3 Å². The van der Waals surface area contributed by atoms with Crippen LogP contribution in [0.2, 0.25) is 0 Å². The van der Waals surface area contributed by atoms with E-state index < -0.39 is 23.5 Å². The second-order valence-corrected chi connectivity index (χ2v) is 7.16. The largest absolute Gasteiger partial charge is 0.416 e. The number of allylic oxidation sites excluding steroid dienone is 1. The number of carbonyl (C=O) groups is 1. The summed E-state index contributed by atoms with van der Waals surface area (Å²) in [6.45, 7) is 3.28. The molecule has 32 heavy (non-hydrogen) atoms. The average molecular weight is 444 g/mol. The van der Waals surface area contributed by atoms with E-state index in [-0.39, 0.29) is 11.4 Å². The molecule has 0 aliphatic rings. The number of fused-ring (bicyclic) bond motifs is 1. The van der Waals surface area contributed by atoms with E-state index in [0.717, 1.165) is 18.3 Å². The summed E-state index contributed by atoms with van der Waals surface area (Å²) in [7, 11) is 1.52. The molecule has 2 aromatic carbocycles. The summed E-state index contributed by atoms with van der Waals surface area (Å²) in [5.41, 5.74) is 1.50. The van der Waals surface area contributed by atoms with E-state index in [9.17, 15) is 22.4 Å². The van der Waals surface area contributed by atoms with Gasteiger partial charge in [0, 0.05) is 24.2 Å². The highest BCUT2D eigenvalue weighted by molar-refractivity contribution is 6.06. The summed E-state index contributed by atoms with van der Waals surface area (Å²) >= 11 is 0. The summed E-state index contributed by atoms with van der Waals surface area (Å²) in [6.07, 6.45) is -3.44. The average Bonchev–Trinajstić information content (AvgIpc) is 2.75. The van der Waals surface area contributed by atoms with Crippen molar-refractivity contribution < 1.29 is 22.4 Å². The summed E-state index contributed by atoms with van der Waals surface area (Å²) in [5.74, 6) is -1.29. The number of amides is 1. The number of anilines is 1. The number of alkyl halides is 3. The SMILES string of the molecule is CN/C(C(=O)Nc1cc(C)c(-c2ccc3cc(C(F)(F)F)ccc3n2)cc1F)=C(/C)C=N. The van der Waals surface area contributed by atoms with Gasteiger partial charge in [0.05, 0.1) is 22.5 Å². The maximum atomic E-state index is 14.8. The van der Waals surface area contributed by atoms with E-state index in [1.807, 2.05) is 0 Å². The lowest BCUT2D eigenvalue weighted by atomic mass is 10.0. The first-order valence-corrected chi connectivity index (χ1v) is 9.54. The normalized spacial score (nSPS) is 12.3. The van der Waals surface area contributed by atoms with Crippen LogP contribution in [0.5, 0.6) is 0 Å². The zero-order valence-electron chi connectivity index (χ0n) is 17.5. The molecule has 5 nitrogen and oxygen atoms in total. The van der Waals surface area contributed by atoms with Crippen LogP contribution in [0.1, 0.15) is 18.1 Å². The fraction of sp³-hybridized carbons (Fsp3) is 0.174. The van der Waals surface area contributed by atoms with Crippen molar-refractivity contribution in [3.05, 3.63) is 70.7 Å². The van der Waals surface area contributed by atoms with Crippen LogP contribution in [-0.4, -0.2) is 24.2 Å². The summed E-state index contributed by atoms with van der Waals surface area (Å²) < 4.78 is 53.5. The summed E-state index contributed by atoms with van der Waals surface area (Å²) in [6, 6.07) is 8.94. The van der Waals surface area contributed by atoms with Crippen LogP contribution in [-0.2, 0) is 11.0 Å². The topological polar surface area (TPSA) is 77.9 Å².